The molecular weight excluding hydrogens is 146 g/mol. The van der Waals surface area contributed by atoms with E-state index in [2.05, 4.69) is 18.8 Å². The lowest BCUT2D eigenvalue weighted by Crippen LogP contribution is -1.90. The monoisotopic (exact) mass is 157 g/mol. The molecule has 0 fully saturated rings. The van der Waals surface area contributed by atoms with E-state index in [0.29, 0.717) is 5.92 Å². The van der Waals surface area contributed by atoms with Gasteiger partial charge in [-0.05, 0) is 12.3 Å². The van der Waals surface area contributed by atoms with Crippen LogP contribution in [0.25, 0.3) is 0 Å². The van der Waals surface area contributed by atoms with Gasteiger partial charge in [0.2, 0.25) is 0 Å². The van der Waals surface area contributed by atoms with Gasteiger partial charge in [-0.3, -0.25) is 4.79 Å². The highest BCUT2D eigenvalue weighted by molar-refractivity contribution is 7.09. The first-order valence-corrected chi connectivity index (χ1v) is 4.17. The molecule has 1 N–H and O–H groups in total. The van der Waals surface area contributed by atoms with E-state index in [9.17, 15) is 4.79 Å². The molecule has 0 aromatic carbocycles. The molecule has 0 unspecified atom stereocenters. The van der Waals surface area contributed by atoms with Gasteiger partial charge >= 0.3 is 4.87 Å². The predicted molar refractivity (Wildman–Crippen MR) is 43.5 cm³/mol. The summed E-state index contributed by atoms with van der Waals surface area (Å²) in [5.74, 6) is 0.631. The van der Waals surface area contributed by atoms with Crippen LogP contribution in [0.3, 0.4) is 0 Å². The fourth-order valence-corrected chi connectivity index (χ4v) is 1.71. The van der Waals surface area contributed by atoms with Crippen molar-refractivity contribution in [3.05, 3.63) is 20.7 Å². The largest absolute Gasteiger partial charge is 0.319 e. The van der Waals surface area contributed by atoms with Crippen LogP contribution < -0.4 is 4.87 Å². The number of rotatable bonds is 2. The first-order valence-electron chi connectivity index (χ1n) is 3.36. The summed E-state index contributed by atoms with van der Waals surface area (Å²) in [7, 11) is 0. The average Bonchev–Trinajstić information content (AvgIpc) is 2.13. The van der Waals surface area contributed by atoms with Crippen molar-refractivity contribution < 1.29 is 0 Å². The number of H-pyrrole nitrogens is 1. The molecular formula is C7H11NOS. The predicted octanol–water partition coefficient (Wildman–Crippen LogP) is 1.63. The standard InChI is InChI=1S/C7H11NOS/c1-5(2)3-6-4-8-7(9)10-6/h4-5H,3H2,1-2H3,(H,8,9). The number of aromatic nitrogens is 1. The summed E-state index contributed by atoms with van der Waals surface area (Å²) in [5.41, 5.74) is 0. The van der Waals surface area contributed by atoms with Gasteiger partial charge in [0.05, 0.1) is 0 Å². The van der Waals surface area contributed by atoms with Crippen molar-refractivity contribution in [1.82, 2.24) is 4.98 Å². The lowest BCUT2D eigenvalue weighted by molar-refractivity contribution is 0.653. The highest BCUT2D eigenvalue weighted by atomic mass is 32.1. The summed E-state index contributed by atoms with van der Waals surface area (Å²) in [6, 6.07) is 0. The maximum Gasteiger partial charge on any atom is 0.304 e. The molecule has 1 heterocycles. The molecule has 0 saturated carbocycles. The number of thiazole rings is 1. The molecule has 1 rings (SSSR count). The van der Waals surface area contributed by atoms with Gasteiger partial charge in [0.25, 0.3) is 0 Å². The Bertz CT molecular complexity index is 248. The first-order chi connectivity index (χ1) is 4.68. The van der Waals surface area contributed by atoms with Crippen LogP contribution in [0.15, 0.2) is 11.0 Å². The smallest absolute Gasteiger partial charge is 0.304 e. The minimum absolute atomic E-state index is 0.0515. The van der Waals surface area contributed by atoms with Gasteiger partial charge in [-0.2, -0.15) is 0 Å². The quantitative estimate of drug-likeness (QED) is 0.695. The van der Waals surface area contributed by atoms with Crippen LogP contribution in [0.4, 0.5) is 0 Å². The highest BCUT2D eigenvalue weighted by Gasteiger charge is 1.99. The molecule has 0 amide bonds. The lowest BCUT2D eigenvalue weighted by Gasteiger charge is -1.97. The zero-order chi connectivity index (χ0) is 7.56. The second kappa shape index (κ2) is 3.01. The van der Waals surface area contributed by atoms with Gasteiger partial charge in [-0.1, -0.05) is 25.2 Å². The molecule has 0 radical (unpaired) electrons. The van der Waals surface area contributed by atoms with E-state index in [-0.39, 0.29) is 4.87 Å². The molecule has 0 spiro atoms. The van der Waals surface area contributed by atoms with E-state index in [0.717, 1.165) is 11.3 Å². The van der Waals surface area contributed by atoms with E-state index in [1.54, 1.807) is 6.20 Å². The summed E-state index contributed by atoms with van der Waals surface area (Å²) in [6.07, 6.45) is 2.80. The Morgan fingerprint density at radius 3 is 2.80 bits per heavy atom. The molecule has 10 heavy (non-hydrogen) atoms. The van der Waals surface area contributed by atoms with Crippen molar-refractivity contribution in [3.63, 3.8) is 0 Å². The number of aromatic amines is 1. The normalized spacial score (nSPS) is 10.7. The fourth-order valence-electron chi connectivity index (χ4n) is 0.820. The minimum Gasteiger partial charge on any atom is -0.319 e. The molecule has 2 nitrogen and oxygen atoms in total. The van der Waals surface area contributed by atoms with Crippen molar-refractivity contribution >= 4 is 11.3 Å². The number of nitrogens with one attached hydrogen (secondary N) is 1. The van der Waals surface area contributed by atoms with Gasteiger partial charge < -0.3 is 4.98 Å². The maximum atomic E-state index is 10.6. The molecule has 1 aromatic rings. The van der Waals surface area contributed by atoms with Crippen LogP contribution in [0, 0.1) is 5.92 Å². The molecule has 0 aliphatic carbocycles. The number of hydrogen-bond acceptors (Lipinski definition) is 2. The van der Waals surface area contributed by atoms with Crippen molar-refractivity contribution in [2.45, 2.75) is 20.3 Å². The lowest BCUT2D eigenvalue weighted by atomic mass is 10.1. The molecule has 0 aliphatic heterocycles. The zero-order valence-corrected chi connectivity index (χ0v) is 6.99. The maximum absolute atomic E-state index is 10.6. The Morgan fingerprint density at radius 2 is 2.40 bits per heavy atom. The molecule has 56 valence electrons. The van der Waals surface area contributed by atoms with Crippen LogP contribution in [0.2, 0.25) is 0 Å². The Kier molecular flexibility index (Phi) is 2.27. The van der Waals surface area contributed by atoms with Gasteiger partial charge in [0, 0.05) is 11.1 Å². The zero-order valence-electron chi connectivity index (χ0n) is 6.18. The van der Waals surface area contributed by atoms with Crippen LogP contribution in [-0.2, 0) is 6.42 Å². The van der Waals surface area contributed by atoms with E-state index in [1.807, 2.05) is 0 Å². The average molecular weight is 157 g/mol. The third-order valence-electron chi connectivity index (χ3n) is 1.18. The third-order valence-corrected chi connectivity index (χ3v) is 2.03. The van der Waals surface area contributed by atoms with E-state index in [1.165, 1.54) is 11.3 Å². The Hall–Kier alpha value is -0.570. The van der Waals surface area contributed by atoms with Crippen molar-refractivity contribution in [2.75, 3.05) is 0 Å². The van der Waals surface area contributed by atoms with Crippen molar-refractivity contribution in [3.8, 4) is 0 Å². The fraction of sp³-hybridized carbons (Fsp3) is 0.571. The SMILES string of the molecule is CC(C)Cc1c[nH]c(=O)s1. The molecule has 1 aromatic heterocycles. The third kappa shape index (κ3) is 1.99. The summed E-state index contributed by atoms with van der Waals surface area (Å²) >= 11 is 1.30. The van der Waals surface area contributed by atoms with Gasteiger partial charge in [0.15, 0.2) is 0 Å². The topological polar surface area (TPSA) is 32.9 Å². The van der Waals surface area contributed by atoms with Crippen molar-refractivity contribution in [1.29, 1.82) is 0 Å². The van der Waals surface area contributed by atoms with Gasteiger partial charge in [-0.25, -0.2) is 0 Å². The van der Waals surface area contributed by atoms with Gasteiger partial charge in [0.1, 0.15) is 0 Å². The molecule has 0 aliphatic rings. The Balaban J connectivity index is 2.67. The summed E-state index contributed by atoms with van der Waals surface area (Å²) in [5, 5.41) is 0. The molecule has 0 bridgehead atoms. The highest BCUT2D eigenvalue weighted by Crippen LogP contribution is 2.07. The van der Waals surface area contributed by atoms with E-state index >= 15 is 0 Å². The van der Waals surface area contributed by atoms with Gasteiger partial charge in [-0.15, -0.1) is 0 Å². The second-order valence-electron chi connectivity index (χ2n) is 2.74. The number of hydrogen-bond donors (Lipinski definition) is 1. The summed E-state index contributed by atoms with van der Waals surface area (Å²) in [6.45, 7) is 4.29. The van der Waals surface area contributed by atoms with Crippen LogP contribution in [0.1, 0.15) is 18.7 Å². The molecule has 0 atom stereocenters. The van der Waals surface area contributed by atoms with E-state index < -0.39 is 0 Å². The first kappa shape index (κ1) is 7.54. The summed E-state index contributed by atoms with van der Waals surface area (Å²) < 4.78 is 0. The van der Waals surface area contributed by atoms with Crippen LogP contribution >= 0.6 is 11.3 Å². The van der Waals surface area contributed by atoms with Crippen LogP contribution in [-0.4, -0.2) is 4.98 Å². The summed E-state index contributed by atoms with van der Waals surface area (Å²) in [4.78, 5) is 14.5. The van der Waals surface area contributed by atoms with E-state index in [4.69, 9.17) is 0 Å². The van der Waals surface area contributed by atoms with Crippen molar-refractivity contribution in [2.24, 2.45) is 5.92 Å². The minimum atomic E-state index is 0.0515. The Morgan fingerprint density at radius 1 is 1.70 bits per heavy atom. The molecule has 3 heteroatoms. The molecule has 0 saturated heterocycles. The van der Waals surface area contributed by atoms with Crippen LogP contribution in [0.5, 0.6) is 0 Å². The second-order valence-corrected chi connectivity index (χ2v) is 3.84. The Labute approximate surface area is 63.9 Å².